The monoisotopic (exact) mass is 172 g/mol. The van der Waals surface area contributed by atoms with Crippen LogP contribution in [0.2, 0.25) is 0 Å². The molecule has 0 aliphatic heterocycles. The minimum Gasteiger partial charge on any atom is -0.396 e. The number of aliphatic hydroxyl groups excluding tert-OH is 1. The molecule has 0 amide bonds. The zero-order valence-corrected chi connectivity index (χ0v) is 9.22. The van der Waals surface area contributed by atoms with Gasteiger partial charge in [-0.15, -0.1) is 0 Å². The molecule has 0 spiro atoms. The van der Waals surface area contributed by atoms with Crippen LogP contribution in [0.3, 0.4) is 0 Å². The van der Waals surface area contributed by atoms with Crippen LogP contribution < -0.4 is 0 Å². The summed E-state index contributed by atoms with van der Waals surface area (Å²) in [6, 6.07) is 0. The Hall–Kier alpha value is -0.0400. The van der Waals surface area contributed by atoms with Crippen molar-refractivity contribution in [1.82, 2.24) is 0 Å². The summed E-state index contributed by atoms with van der Waals surface area (Å²) >= 11 is 0. The van der Waals surface area contributed by atoms with Gasteiger partial charge in [-0.2, -0.15) is 0 Å². The topological polar surface area (TPSA) is 20.2 Å². The van der Waals surface area contributed by atoms with E-state index in [0.29, 0.717) is 18.4 Å². The fourth-order valence-electron chi connectivity index (χ4n) is 1.73. The van der Waals surface area contributed by atoms with Crippen LogP contribution >= 0.6 is 0 Å². The van der Waals surface area contributed by atoms with Gasteiger partial charge in [0.25, 0.3) is 0 Å². The van der Waals surface area contributed by atoms with Crippen LogP contribution in [0.5, 0.6) is 0 Å². The van der Waals surface area contributed by atoms with Crippen molar-refractivity contribution in [2.75, 3.05) is 6.61 Å². The molecular weight excluding hydrogens is 148 g/mol. The molecule has 2 unspecified atom stereocenters. The summed E-state index contributed by atoms with van der Waals surface area (Å²) < 4.78 is 0. The molecular formula is C11H24O. The Morgan fingerprint density at radius 3 is 1.58 bits per heavy atom. The molecule has 12 heavy (non-hydrogen) atoms. The van der Waals surface area contributed by atoms with Crippen molar-refractivity contribution in [2.24, 2.45) is 17.3 Å². The van der Waals surface area contributed by atoms with Crippen molar-refractivity contribution in [3.8, 4) is 0 Å². The zero-order chi connectivity index (χ0) is 9.78. The van der Waals surface area contributed by atoms with Crippen LogP contribution in [0, 0.1) is 17.3 Å². The lowest BCUT2D eigenvalue weighted by atomic mass is 9.68. The Kier molecular flexibility index (Phi) is 4.84. The highest BCUT2D eigenvalue weighted by Gasteiger charge is 2.33. The normalized spacial score (nSPS) is 21.5. The van der Waals surface area contributed by atoms with Crippen molar-refractivity contribution in [1.29, 1.82) is 0 Å². The summed E-state index contributed by atoms with van der Waals surface area (Å²) in [7, 11) is 0. The molecule has 0 saturated carbocycles. The fourth-order valence-corrected chi connectivity index (χ4v) is 1.73. The number of rotatable bonds is 5. The summed E-state index contributed by atoms with van der Waals surface area (Å²) in [6.07, 6.45) is 2.31. The Morgan fingerprint density at radius 1 is 1.08 bits per heavy atom. The summed E-state index contributed by atoms with van der Waals surface area (Å²) in [5, 5.41) is 9.39. The molecule has 1 heteroatoms. The third-order valence-electron chi connectivity index (χ3n) is 3.82. The highest BCUT2D eigenvalue weighted by Crippen LogP contribution is 2.38. The van der Waals surface area contributed by atoms with Gasteiger partial charge in [0.15, 0.2) is 0 Å². The minimum atomic E-state index is 0.115. The summed E-state index contributed by atoms with van der Waals surface area (Å²) in [4.78, 5) is 0. The molecule has 0 heterocycles. The molecule has 0 aromatic heterocycles. The Labute approximate surface area is 77.2 Å². The predicted octanol–water partition coefficient (Wildman–Crippen LogP) is 3.08. The van der Waals surface area contributed by atoms with Crippen LogP contribution in [0.15, 0.2) is 0 Å². The van der Waals surface area contributed by atoms with Crippen LogP contribution in [-0.2, 0) is 0 Å². The largest absolute Gasteiger partial charge is 0.396 e. The second-order valence-electron chi connectivity index (χ2n) is 4.28. The Bertz CT molecular complexity index is 110. The lowest BCUT2D eigenvalue weighted by Crippen LogP contribution is -2.35. The first-order valence-corrected chi connectivity index (χ1v) is 5.13. The average molecular weight is 172 g/mol. The SMILES string of the molecule is CCC(C)C(C)(CO)C(C)CC. The van der Waals surface area contributed by atoms with Gasteiger partial charge < -0.3 is 5.11 Å². The molecule has 0 aromatic carbocycles. The van der Waals surface area contributed by atoms with E-state index in [0.717, 1.165) is 12.8 Å². The average Bonchev–Trinajstić information content (AvgIpc) is 2.13. The highest BCUT2D eigenvalue weighted by atomic mass is 16.3. The minimum absolute atomic E-state index is 0.115. The van der Waals surface area contributed by atoms with E-state index in [1.165, 1.54) is 0 Å². The molecule has 0 aromatic rings. The van der Waals surface area contributed by atoms with Crippen LogP contribution in [0.25, 0.3) is 0 Å². The van der Waals surface area contributed by atoms with Crippen molar-refractivity contribution < 1.29 is 5.11 Å². The molecule has 74 valence electrons. The Balaban J connectivity index is 4.42. The smallest absolute Gasteiger partial charge is 0.0489 e. The molecule has 0 fully saturated rings. The van der Waals surface area contributed by atoms with E-state index in [9.17, 15) is 5.11 Å². The molecule has 0 saturated heterocycles. The van der Waals surface area contributed by atoms with E-state index in [4.69, 9.17) is 0 Å². The highest BCUT2D eigenvalue weighted by molar-refractivity contribution is 4.83. The van der Waals surface area contributed by atoms with E-state index < -0.39 is 0 Å². The molecule has 0 radical (unpaired) electrons. The van der Waals surface area contributed by atoms with Gasteiger partial charge in [-0.1, -0.05) is 47.5 Å². The third-order valence-corrected chi connectivity index (χ3v) is 3.82. The number of aliphatic hydroxyl groups is 1. The Morgan fingerprint density at radius 2 is 1.42 bits per heavy atom. The quantitative estimate of drug-likeness (QED) is 0.675. The second-order valence-corrected chi connectivity index (χ2v) is 4.28. The van der Waals surface area contributed by atoms with Crippen LogP contribution in [-0.4, -0.2) is 11.7 Å². The first kappa shape index (κ1) is 12.0. The molecule has 1 N–H and O–H groups in total. The number of hydrogen-bond acceptors (Lipinski definition) is 1. The van der Waals surface area contributed by atoms with Gasteiger partial charge in [0.2, 0.25) is 0 Å². The van der Waals surface area contributed by atoms with E-state index in [1.54, 1.807) is 0 Å². The summed E-state index contributed by atoms with van der Waals surface area (Å²) in [5.41, 5.74) is 0.115. The fraction of sp³-hybridized carbons (Fsp3) is 1.00. The molecule has 2 atom stereocenters. The van der Waals surface area contributed by atoms with Gasteiger partial charge in [-0.05, 0) is 17.3 Å². The van der Waals surface area contributed by atoms with E-state index in [2.05, 4.69) is 34.6 Å². The molecule has 0 bridgehead atoms. The first-order chi connectivity index (χ1) is 5.52. The lowest BCUT2D eigenvalue weighted by molar-refractivity contribution is 0.0299. The number of hydrogen-bond donors (Lipinski definition) is 1. The van der Waals surface area contributed by atoms with Crippen molar-refractivity contribution in [3.63, 3.8) is 0 Å². The molecule has 0 aliphatic carbocycles. The molecule has 0 aliphatic rings. The second kappa shape index (κ2) is 4.86. The maximum atomic E-state index is 9.39. The lowest BCUT2D eigenvalue weighted by Gasteiger charge is -2.38. The van der Waals surface area contributed by atoms with Gasteiger partial charge in [0, 0.05) is 6.61 Å². The van der Waals surface area contributed by atoms with E-state index in [1.807, 2.05) is 0 Å². The van der Waals surface area contributed by atoms with Crippen LogP contribution in [0.1, 0.15) is 47.5 Å². The molecule has 1 nitrogen and oxygen atoms in total. The van der Waals surface area contributed by atoms with Crippen molar-refractivity contribution in [3.05, 3.63) is 0 Å². The summed E-state index contributed by atoms with van der Waals surface area (Å²) in [6.45, 7) is 11.4. The van der Waals surface area contributed by atoms with Gasteiger partial charge in [-0.25, -0.2) is 0 Å². The van der Waals surface area contributed by atoms with Crippen molar-refractivity contribution >= 4 is 0 Å². The standard InChI is InChI=1S/C11H24O/c1-6-9(3)11(5,8-12)10(4)7-2/h9-10,12H,6-8H2,1-5H3. The van der Waals surface area contributed by atoms with Gasteiger partial charge in [0.05, 0.1) is 0 Å². The zero-order valence-electron chi connectivity index (χ0n) is 9.22. The maximum absolute atomic E-state index is 9.39. The predicted molar refractivity (Wildman–Crippen MR) is 54.1 cm³/mol. The molecule has 0 rings (SSSR count). The van der Waals surface area contributed by atoms with Gasteiger partial charge >= 0.3 is 0 Å². The van der Waals surface area contributed by atoms with Crippen LogP contribution in [0.4, 0.5) is 0 Å². The first-order valence-electron chi connectivity index (χ1n) is 5.13. The summed E-state index contributed by atoms with van der Waals surface area (Å²) in [5.74, 6) is 1.22. The van der Waals surface area contributed by atoms with E-state index in [-0.39, 0.29) is 5.41 Å². The third kappa shape index (κ3) is 2.22. The van der Waals surface area contributed by atoms with Crippen molar-refractivity contribution in [2.45, 2.75) is 47.5 Å². The van der Waals surface area contributed by atoms with Gasteiger partial charge in [0.1, 0.15) is 0 Å². The van der Waals surface area contributed by atoms with Gasteiger partial charge in [-0.3, -0.25) is 0 Å². The maximum Gasteiger partial charge on any atom is 0.0489 e. The van der Waals surface area contributed by atoms with E-state index >= 15 is 0 Å².